The lowest BCUT2D eigenvalue weighted by Crippen LogP contribution is -2.40. The highest BCUT2D eigenvalue weighted by atomic mass is 32.1. The molecule has 1 aromatic heterocycles. The van der Waals surface area contributed by atoms with E-state index in [0.29, 0.717) is 11.6 Å². The molecule has 0 N–H and O–H groups in total. The molecule has 2 heterocycles. The van der Waals surface area contributed by atoms with Crippen molar-refractivity contribution in [1.82, 2.24) is 9.88 Å². The van der Waals surface area contributed by atoms with Crippen LogP contribution >= 0.6 is 11.3 Å². The van der Waals surface area contributed by atoms with Gasteiger partial charge in [-0.25, -0.2) is 4.98 Å². The molecule has 1 aromatic carbocycles. The molecule has 3 rings (SSSR count). The summed E-state index contributed by atoms with van der Waals surface area (Å²) in [6, 6.07) is 8.26. The summed E-state index contributed by atoms with van der Waals surface area (Å²) < 4.78 is 5.29. The molecule has 0 saturated carbocycles. The number of likely N-dealkylation sites (tertiary alicyclic amines) is 1. The Morgan fingerprint density at radius 1 is 1.46 bits per heavy atom. The lowest BCUT2D eigenvalue weighted by molar-refractivity contribution is 0.0663. The van der Waals surface area contributed by atoms with Gasteiger partial charge in [-0.1, -0.05) is 12.1 Å². The number of benzene rings is 1. The fourth-order valence-corrected chi connectivity index (χ4v) is 3.89. The van der Waals surface area contributed by atoms with Crippen LogP contribution in [0.4, 0.5) is 0 Å². The molecular weight excluding hydrogens is 320 g/mol. The van der Waals surface area contributed by atoms with E-state index >= 15 is 0 Å². The van der Waals surface area contributed by atoms with Gasteiger partial charge in [-0.3, -0.25) is 4.79 Å². The standard InChI is InChI=1S/C19H24N2O2S/c1-14-20-18(13-24-14)19(22)21-10-4-6-16(12-21)9-8-15-5-3-7-17(11-15)23-2/h3,5,7,11,13,16H,4,6,8-10,12H2,1-2H3. The lowest BCUT2D eigenvalue weighted by Gasteiger charge is -2.32. The summed E-state index contributed by atoms with van der Waals surface area (Å²) in [5.74, 6) is 1.56. The van der Waals surface area contributed by atoms with Crippen LogP contribution in [0, 0.1) is 12.8 Å². The van der Waals surface area contributed by atoms with Gasteiger partial charge in [-0.05, 0) is 56.2 Å². The van der Waals surface area contributed by atoms with Crippen LogP contribution in [0.5, 0.6) is 5.75 Å². The van der Waals surface area contributed by atoms with Crippen LogP contribution in [0.1, 0.15) is 40.3 Å². The molecular formula is C19H24N2O2S. The van der Waals surface area contributed by atoms with Crippen LogP contribution in [0.25, 0.3) is 0 Å². The van der Waals surface area contributed by atoms with E-state index in [1.165, 1.54) is 23.3 Å². The Morgan fingerprint density at radius 3 is 3.08 bits per heavy atom. The van der Waals surface area contributed by atoms with E-state index in [1.54, 1.807) is 7.11 Å². The molecule has 1 fully saturated rings. The molecule has 0 spiro atoms. The Morgan fingerprint density at radius 2 is 2.33 bits per heavy atom. The second-order valence-electron chi connectivity index (χ2n) is 6.40. The van der Waals surface area contributed by atoms with Crippen molar-refractivity contribution in [3.05, 3.63) is 45.9 Å². The smallest absolute Gasteiger partial charge is 0.273 e. The van der Waals surface area contributed by atoms with Crippen molar-refractivity contribution in [2.24, 2.45) is 5.92 Å². The number of hydrogen-bond acceptors (Lipinski definition) is 4. The van der Waals surface area contributed by atoms with Gasteiger partial charge in [0.2, 0.25) is 0 Å². The van der Waals surface area contributed by atoms with Gasteiger partial charge >= 0.3 is 0 Å². The largest absolute Gasteiger partial charge is 0.497 e. The van der Waals surface area contributed by atoms with Gasteiger partial charge in [0.25, 0.3) is 5.91 Å². The number of aromatic nitrogens is 1. The fourth-order valence-electron chi connectivity index (χ4n) is 3.31. The van der Waals surface area contributed by atoms with E-state index in [1.807, 2.05) is 29.3 Å². The Bertz CT molecular complexity index is 698. The highest BCUT2D eigenvalue weighted by Gasteiger charge is 2.25. The van der Waals surface area contributed by atoms with Crippen molar-refractivity contribution < 1.29 is 9.53 Å². The number of rotatable bonds is 5. The number of carbonyl (C=O) groups excluding carboxylic acids is 1. The first-order valence-corrected chi connectivity index (χ1v) is 9.38. The maximum absolute atomic E-state index is 12.6. The first-order chi connectivity index (χ1) is 11.7. The summed E-state index contributed by atoms with van der Waals surface area (Å²) in [6.45, 7) is 3.64. The monoisotopic (exact) mass is 344 g/mol. The van der Waals surface area contributed by atoms with Gasteiger partial charge in [-0.15, -0.1) is 11.3 Å². The van der Waals surface area contributed by atoms with E-state index in [0.717, 1.165) is 43.1 Å². The van der Waals surface area contributed by atoms with Crippen LogP contribution in [0.3, 0.4) is 0 Å². The molecule has 1 atom stereocenters. The average molecular weight is 344 g/mol. The Kier molecular flexibility index (Phi) is 5.51. The molecule has 4 nitrogen and oxygen atoms in total. The van der Waals surface area contributed by atoms with Crippen molar-refractivity contribution in [2.75, 3.05) is 20.2 Å². The van der Waals surface area contributed by atoms with E-state index in [2.05, 4.69) is 17.1 Å². The number of hydrogen-bond donors (Lipinski definition) is 0. The minimum atomic E-state index is 0.0884. The van der Waals surface area contributed by atoms with Crippen LogP contribution in [-0.4, -0.2) is 36.0 Å². The summed E-state index contributed by atoms with van der Waals surface area (Å²) in [5, 5.41) is 2.82. The highest BCUT2D eigenvalue weighted by molar-refractivity contribution is 7.09. The van der Waals surface area contributed by atoms with Gasteiger partial charge in [0.15, 0.2) is 0 Å². The second-order valence-corrected chi connectivity index (χ2v) is 7.46. The number of nitrogens with zero attached hydrogens (tertiary/aromatic N) is 2. The quantitative estimate of drug-likeness (QED) is 0.825. The van der Waals surface area contributed by atoms with Crippen molar-refractivity contribution in [3.8, 4) is 5.75 Å². The molecule has 0 bridgehead atoms. The van der Waals surface area contributed by atoms with Crippen LogP contribution in [0.2, 0.25) is 0 Å². The second kappa shape index (κ2) is 7.79. The molecule has 5 heteroatoms. The topological polar surface area (TPSA) is 42.4 Å². The normalized spacial score (nSPS) is 17.8. The molecule has 1 aliphatic heterocycles. The molecule has 24 heavy (non-hydrogen) atoms. The Hall–Kier alpha value is -1.88. The summed E-state index contributed by atoms with van der Waals surface area (Å²) >= 11 is 1.54. The zero-order chi connectivity index (χ0) is 16.9. The third kappa shape index (κ3) is 4.15. The molecule has 128 valence electrons. The number of methoxy groups -OCH3 is 1. The molecule has 0 radical (unpaired) electrons. The summed E-state index contributed by atoms with van der Waals surface area (Å²) in [5.41, 5.74) is 1.90. The number of thiazole rings is 1. The predicted molar refractivity (Wildman–Crippen MR) is 96.8 cm³/mol. The average Bonchev–Trinajstić information content (AvgIpc) is 3.06. The van der Waals surface area contributed by atoms with Crippen molar-refractivity contribution in [2.45, 2.75) is 32.6 Å². The molecule has 1 aliphatic rings. The summed E-state index contributed by atoms with van der Waals surface area (Å²) in [6.07, 6.45) is 4.41. The van der Waals surface area contributed by atoms with Crippen LogP contribution < -0.4 is 4.74 Å². The van der Waals surface area contributed by atoms with E-state index in [4.69, 9.17) is 4.74 Å². The molecule has 0 aliphatic carbocycles. The maximum Gasteiger partial charge on any atom is 0.273 e. The number of aryl methyl sites for hydroxylation is 2. The van der Waals surface area contributed by atoms with Gasteiger partial charge in [0, 0.05) is 18.5 Å². The number of amides is 1. The Balaban J connectivity index is 1.56. The van der Waals surface area contributed by atoms with Crippen LogP contribution in [0.15, 0.2) is 29.6 Å². The van der Waals surface area contributed by atoms with Gasteiger partial charge in [0.1, 0.15) is 11.4 Å². The minimum absolute atomic E-state index is 0.0884. The molecule has 1 unspecified atom stereocenters. The third-order valence-electron chi connectivity index (χ3n) is 4.62. The van der Waals surface area contributed by atoms with Crippen molar-refractivity contribution in [1.29, 1.82) is 0 Å². The van der Waals surface area contributed by atoms with Gasteiger partial charge in [0.05, 0.1) is 12.1 Å². The lowest BCUT2D eigenvalue weighted by atomic mass is 9.91. The van der Waals surface area contributed by atoms with E-state index in [-0.39, 0.29) is 5.91 Å². The fraction of sp³-hybridized carbons (Fsp3) is 0.474. The van der Waals surface area contributed by atoms with Crippen molar-refractivity contribution in [3.63, 3.8) is 0 Å². The number of piperidine rings is 1. The minimum Gasteiger partial charge on any atom is -0.497 e. The van der Waals surface area contributed by atoms with E-state index < -0.39 is 0 Å². The third-order valence-corrected chi connectivity index (χ3v) is 5.39. The maximum atomic E-state index is 12.6. The first-order valence-electron chi connectivity index (χ1n) is 8.50. The molecule has 1 saturated heterocycles. The predicted octanol–water partition coefficient (Wildman–Crippen LogP) is 3.95. The summed E-state index contributed by atoms with van der Waals surface area (Å²) in [7, 11) is 1.70. The first kappa shape index (κ1) is 17.0. The zero-order valence-electron chi connectivity index (χ0n) is 14.3. The Labute approximate surface area is 147 Å². The highest BCUT2D eigenvalue weighted by Crippen LogP contribution is 2.24. The number of ether oxygens (including phenoxy) is 1. The SMILES string of the molecule is COc1cccc(CCC2CCCN(C(=O)c3csc(C)n3)C2)c1. The number of carbonyl (C=O) groups is 1. The zero-order valence-corrected chi connectivity index (χ0v) is 15.1. The van der Waals surface area contributed by atoms with E-state index in [9.17, 15) is 4.79 Å². The van der Waals surface area contributed by atoms with Crippen LogP contribution in [-0.2, 0) is 6.42 Å². The van der Waals surface area contributed by atoms with Gasteiger partial charge in [-0.2, -0.15) is 0 Å². The van der Waals surface area contributed by atoms with Gasteiger partial charge < -0.3 is 9.64 Å². The van der Waals surface area contributed by atoms with Crippen molar-refractivity contribution >= 4 is 17.2 Å². The molecule has 1 amide bonds. The molecule has 2 aromatic rings. The summed E-state index contributed by atoms with van der Waals surface area (Å²) in [4.78, 5) is 18.9.